The number of allylic oxidation sites excluding steroid dienone is 4. The van der Waals surface area contributed by atoms with Gasteiger partial charge in [-0.05, 0) is 71.2 Å². The molecule has 2 N–H and O–H groups in total. The van der Waals surface area contributed by atoms with Crippen molar-refractivity contribution in [3.05, 3.63) is 248 Å². The van der Waals surface area contributed by atoms with Gasteiger partial charge >= 0.3 is 0 Å². The van der Waals surface area contributed by atoms with Crippen LogP contribution in [0, 0.1) is 29.0 Å². The summed E-state index contributed by atoms with van der Waals surface area (Å²) in [5.41, 5.74) is 9.75. The van der Waals surface area contributed by atoms with Crippen molar-refractivity contribution in [2.75, 3.05) is 0 Å². The second-order valence-electron chi connectivity index (χ2n) is 21.5. The third-order valence-corrected chi connectivity index (χ3v) is 12.7. The molecule has 0 saturated carbocycles. The molecule has 0 spiro atoms. The van der Waals surface area contributed by atoms with Gasteiger partial charge in [-0.15, -0.1) is 94.2 Å². The summed E-state index contributed by atoms with van der Waals surface area (Å²) >= 11 is 0. The number of para-hydroxylation sites is 3. The molecule has 0 aliphatic carbocycles. The van der Waals surface area contributed by atoms with E-state index in [2.05, 4.69) is 153 Å². The normalized spacial score (nSPS) is 11.2. The predicted molar refractivity (Wildman–Crippen MR) is 329 cm³/mol. The molecule has 82 heavy (non-hydrogen) atoms. The zero-order valence-corrected chi connectivity index (χ0v) is 55.0. The van der Waals surface area contributed by atoms with E-state index in [4.69, 9.17) is 20.1 Å². The van der Waals surface area contributed by atoms with Crippen molar-refractivity contribution in [1.82, 2.24) is 15.0 Å². The van der Waals surface area contributed by atoms with Crippen LogP contribution in [0.3, 0.4) is 0 Å². The Morgan fingerprint density at radius 3 is 1.52 bits per heavy atom. The number of fused-ring (bicyclic) bond motifs is 5. The van der Waals surface area contributed by atoms with Gasteiger partial charge < -0.3 is 10.2 Å². The fourth-order valence-corrected chi connectivity index (χ4v) is 8.25. The molecular weight excluding hydrogens is 1550 g/mol. The number of pyridine rings is 3. The van der Waals surface area contributed by atoms with Crippen molar-refractivity contribution in [2.24, 2.45) is 10.8 Å². The van der Waals surface area contributed by atoms with Gasteiger partial charge in [-0.2, -0.15) is 0 Å². The molecule has 0 aliphatic rings. The van der Waals surface area contributed by atoms with Crippen LogP contribution in [0.5, 0.6) is 0 Å². The van der Waals surface area contributed by atoms with E-state index in [0.717, 1.165) is 61.1 Å². The summed E-state index contributed by atoms with van der Waals surface area (Å²) in [5.74, 6) is 0.487. The molecule has 8 aromatic carbocycles. The Morgan fingerprint density at radius 2 is 0.988 bits per heavy atom. The molecule has 7 nitrogen and oxygen atoms in total. The van der Waals surface area contributed by atoms with Gasteiger partial charge in [0.15, 0.2) is 11.6 Å². The van der Waals surface area contributed by atoms with Gasteiger partial charge in [0.2, 0.25) is 0 Å². The molecule has 0 amide bonds. The van der Waals surface area contributed by atoms with E-state index >= 15 is 0 Å². The van der Waals surface area contributed by atoms with Crippen molar-refractivity contribution in [3.63, 3.8) is 0 Å². The van der Waals surface area contributed by atoms with Gasteiger partial charge in [0.1, 0.15) is 5.76 Å². The molecule has 3 radical (unpaired) electrons. The van der Waals surface area contributed by atoms with E-state index in [-0.39, 0.29) is 88.8 Å². The van der Waals surface area contributed by atoms with Gasteiger partial charge in [0.05, 0.1) is 22.3 Å². The second kappa shape index (κ2) is 31.3. The van der Waals surface area contributed by atoms with Gasteiger partial charge in [-0.25, -0.2) is 0 Å². The van der Waals surface area contributed by atoms with Gasteiger partial charge in [-0.3, -0.25) is 24.5 Å². The molecule has 0 unspecified atom stereocenters. The average Bonchev–Trinajstić information content (AvgIpc) is 3.48. The van der Waals surface area contributed by atoms with Crippen LogP contribution in [-0.2, 0) is 69.9 Å². The molecule has 0 atom stereocenters. The summed E-state index contributed by atoms with van der Waals surface area (Å²) in [7, 11) is 0. The van der Waals surface area contributed by atoms with Gasteiger partial charge in [0.25, 0.3) is 0 Å². The van der Waals surface area contributed by atoms with Crippen molar-refractivity contribution in [3.8, 4) is 33.8 Å². The summed E-state index contributed by atoms with van der Waals surface area (Å²) in [6.07, 6.45) is 2.50. The maximum atomic E-state index is 11.5. The van der Waals surface area contributed by atoms with E-state index < -0.39 is 5.41 Å². The van der Waals surface area contributed by atoms with Gasteiger partial charge in [0, 0.05) is 83.3 Å². The minimum absolute atomic E-state index is 0. The van der Waals surface area contributed by atoms with Gasteiger partial charge in [-0.1, -0.05) is 205 Å². The maximum absolute atomic E-state index is 11.5. The first kappa shape index (κ1) is 67.4. The first-order valence-corrected chi connectivity index (χ1v) is 26.5. The Kier molecular flexibility index (Phi) is 25.8. The number of carbonyl (C=O) groups excluding carboxylic acids is 2. The standard InChI is InChI=1S/2C19H12N.C18H16N.C11H20O2.C5H8O2.3Ir/c1-3-9-16-14(6-1)8-5-10-17(16)19-13-12-15-7-2-4-11-18(15)20-19;1-2-7-16-13-17(10-9-14(16)5-1)19-12-11-15-6-3-4-8-18(15)20-19;1-13(2)16-12-15-10-6-7-11-17(15)19-18(16)14-8-4-3-5-9-14;1-10(2,3)8(12)7-9(13)11(4,5)6;1-4(6)3-5(2)7;;;/h2*1-9,11-13H;3-8,10-13H,1-2H3;7,12H,1-6H3;3,6H,1-2H3;;;/q3*-1;;;;;. The Balaban J connectivity index is 0.000000226. The molecular formula is C72H68Ir3N3O4-3. The summed E-state index contributed by atoms with van der Waals surface area (Å²) < 4.78 is 0. The molecule has 0 bridgehead atoms. The van der Waals surface area contributed by atoms with Crippen molar-refractivity contribution in [2.45, 2.75) is 75.2 Å². The first-order chi connectivity index (χ1) is 37.7. The van der Waals surface area contributed by atoms with Crippen molar-refractivity contribution >= 4 is 65.8 Å². The number of ketones is 2. The quantitative estimate of drug-likeness (QED) is 0.0968. The number of aliphatic hydroxyl groups excluding tert-OH is 2. The Bertz CT molecular complexity index is 3860. The monoisotopic (exact) mass is 1620 g/mol. The summed E-state index contributed by atoms with van der Waals surface area (Å²) in [5, 5.41) is 26.3. The molecule has 425 valence electrons. The zero-order valence-electron chi connectivity index (χ0n) is 47.8. The van der Waals surface area contributed by atoms with Crippen LogP contribution in [0.15, 0.2) is 224 Å². The number of carbonyl (C=O) groups is 2. The average molecular weight is 1620 g/mol. The van der Waals surface area contributed by atoms with Crippen LogP contribution in [0.2, 0.25) is 0 Å². The third kappa shape index (κ3) is 19.0. The number of aromatic nitrogens is 3. The van der Waals surface area contributed by atoms with Crippen LogP contribution >= 0.6 is 0 Å². The molecule has 3 aromatic heterocycles. The smallest absolute Gasteiger partial charge is 0.164 e. The van der Waals surface area contributed by atoms with Crippen LogP contribution < -0.4 is 0 Å². The largest absolute Gasteiger partial charge is 0.512 e. The second-order valence-corrected chi connectivity index (χ2v) is 21.5. The van der Waals surface area contributed by atoms with E-state index in [1.165, 1.54) is 58.5 Å². The first-order valence-electron chi connectivity index (χ1n) is 26.5. The molecule has 11 rings (SSSR count). The van der Waals surface area contributed by atoms with Crippen LogP contribution in [0.25, 0.3) is 88.0 Å². The number of nitrogens with zero attached hydrogens (tertiary/aromatic N) is 3. The number of aliphatic hydroxyl groups is 2. The SMILES string of the molecule is CC(=O)C=C(C)O.CC(C)(C)C(=O)C=C(O)C(C)(C)C.CC(C)c1cc2ccccc2nc1-c1[c-]cccc1.[Ir].[Ir].[Ir].[c-]1cc2ccccc2cc1-c1ccc2ccccc2n1.[c-]1ccc2ccccc2c1-c1ccc2ccccc2n1. The van der Waals surface area contributed by atoms with Crippen LogP contribution in [0.1, 0.15) is 80.7 Å². The van der Waals surface area contributed by atoms with E-state index in [9.17, 15) is 14.7 Å². The number of hydrogen-bond donors (Lipinski definition) is 2. The van der Waals surface area contributed by atoms with E-state index in [1.54, 1.807) is 0 Å². The van der Waals surface area contributed by atoms with Crippen LogP contribution in [-0.4, -0.2) is 36.7 Å². The minimum atomic E-state index is -0.417. The Hall–Kier alpha value is -7.12. The molecule has 10 heteroatoms. The number of hydrogen-bond acceptors (Lipinski definition) is 7. The van der Waals surface area contributed by atoms with Crippen LogP contribution in [0.4, 0.5) is 0 Å². The zero-order chi connectivity index (χ0) is 56.7. The van der Waals surface area contributed by atoms with E-state index in [1.807, 2.05) is 120 Å². The van der Waals surface area contributed by atoms with Crippen molar-refractivity contribution < 1.29 is 80.1 Å². The Morgan fingerprint density at radius 1 is 0.476 bits per heavy atom. The third-order valence-electron chi connectivity index (χ3n) is 12.7. The molecule has 3 heterocycles. The maximum Gasteiger partial charge on any atom is 0.164 e. The molecule has 0 fully saturated rings. The van der Waals surface area contributed by atoms with E-state index in [0.29, 0.717) is 5.92 Å². The predicted octanol–water partition coefficient (Wildman–Crippen LogP) is 18.7. The summed E-state index contributed by atoms with van der Waals surface area (Å²) in [4.78, 5) is 35.8. The number of benzene rings is 8. The summed E-state index contributed by atoms with van der Waals surface area (Å²) in [6, 6.07) is 78.1. The minimum Gasteiger partial charge on any atom is -0.512 e. The Labute approximate surface area is 524 Å². The molecule has 0 saturated heterocycles. The molecule has 11 aromatic rings. The van der Waals surface area contributed by atoms with Crippen molar-refractivity contribution in [1.29, 1.82) is 0 Å². The summed E-state index contributed by atoms with van der Waals surface area (Å²) in [6.45, 7) is 18.4. The number of rotatable bonds is 6. The fourth-order valence-electron chi connectivity index (χ4n) is 8.25. The molecule has 0 aliphatic heterocycles. The topological polar surface area (TPSA) is 113 Å². The fraction of sp³-hybridized carbons (Fsp3) is 0.181.